The molecule has 0 radical (unpaired) electrons. The highest BCUT2D eigenvalue weighted by molar-refractivity contribution is 6.39. The number of ketones is 1. The topological polar surface area (TPSA) is 55.4 Å². The molecule has 0 heterocycles. The van der Waals surface area contributed by atoms with Crippen molar-refractivity contribution in [3.05, 3.63) is 53.6 Å². The van der Waals surface area contributed by atoms with E-state index < -0.39 is 11.7 Å². The summed E-state index contributed by atoms with van der Waals surface area (Å²) in [5, 5.41) is 3.12. The van der Waals surface area contributed by atoms with Crippen LogP contribution in [0.1, 0.15) is 6.92 Å². The van der Waals surface area contributed by atoms with Crippen LogP contribution in [-0.4, -0.2) is 11.7 Å². The van der Waals surface area contributed by atoms with Gasteiger partial charge in [-0.25, -0.2) is 0 Å². The van der Waals surface area contributed by atoms with Gasteiger partial charge in [0.25, 0.3) is 5.91 Å². The van der Waals surface area contributed by atoms with Crippen molar-refractivity contribution in [3.8, 4) is 11.5 Å². The molecule has 0 atom stereocenters. The van der Waals surface area contributed by atoms with Crippen molar-refractivity contribution in [1.29, 1.82) is 0 Å². The third-order valence-electron chi connectivity index (χ3n) is 2.48. The van der Waals surface area contributed by atoms with Crippen molar-refractivity contribution in [2.75, 3.05) is 5.32 Å². The van der Waals surface area contributed by atoms with Crippen LogP contribution in [0.2, 0.25) is 5.02 Å². The van der Waals surface area contributed by atoms with Crippen LogP contribution in [0.3, 0.4) is 0 Å². The van der Waals surface area contributed by atoms with E-state index >= 15 is 0 Å². The smallest absolute Gasteiger partial charge is 0.291 e. The standard InChI is InChI=1S/C15H12ClNO3/c1-10(18)15(19)17-12-4-8-14(9-5-12)20-13-6-2-11(16)3-7-13/h2-9H,1H3,(H,17,19). The Hall–Kier alpha value is -2.33. The average molecular weight is 290 g/mol. The first-order valence-corrected chi connectivity index (χ1v) is 6.28. The zero-order valence-corrected chi connectivity index (χ0v) is 11.5. The third-order valence-corrected chi connectivity index (χ3v) is 2.73. The molecule has 0 aliphatic carbocycles. The zero-order chi connectivity index (χ0) is 14.5. The molecule has 2 rings (SSSR count). The highest BCUT2D eigenvalue weighted by atomic mass is 35.5. The second-order valence-electron chi connectivity index (χ2n) is 4.09. The van der Waals surface area contributed by atoms with Gasteiger partial charge in [-0.1, -0.05) is 11.6 Å². The van der Waals surface area contributed by atoms with Crippen LogP contribution in [0.4, 0.5) is 5.69 Å². The van der Waals surface area contributed by atoms with Crippen molar-refractivity contribution >= 4 is 29.0 Å². The second-order valence-corrected chi connectivity index (χ2v) is 4.53. The number of Topliss-reactive ketones (excluding diaryl/α,β-unsaturated/α-hetero) is 1. The maximum Gasteiger partial charge on any atom is 0.291 e. The average Bonchev–Trinajstić information content (AvgIpc) is 2.43. The molecule has 0 aromatic heterocycles. The number of rotatable bonds is 4. The number of hydrogen-bond acceptors (Lipinski definition) is 3. The Labute approximate surface area is 121 Å². The summed E-state index contributed by atoms with van der Waals surface area (Å²) in [6.07, 6.45) is 0. The van der Waals surface area contributed by atoms with Crippen LogP contribution in [0.15, 0.2) is 48.5 Å². The Morgan fingerprint density at radius 3 is 1.95 bits per heavy atom. The van der Waals surface area contributed by atoms with E-state index in [0.717, 1.165) is 0 Å². The maximum atomic E-state index is 11.2. The summed E-state index contributed by atoms with van der Waals surface area (Å²) in [5.41, 5.74) is 0.536. The SMILES string of the molecule is CC(=O)C(=O)Nc1ccc(Oc2ccc(Cl)cc2)cc1. The molecule has 20 heavy (non-hydrogen) atoms. The van der Waals surface area contributed by atoms with Gasteiger partial charge >= 0.3 is 0 Å². The number of anilines is 1. The minimum atomic E-state index is -0.642. The summed E-state index contributed by atoms with van der Waals surface area (Å²) in [4.78, 5) is 22.1. The van der Waals surface area contributed by atoms with E-state index in [0.29, 0.717) is 22.2 Å². The first-order valence-electron chi connectivity index (χ1n) is 5.90. The summed E-state index contributed by atoms with van der Waals surface area (Å²) in [7, 11) is 0. The molecule has 2 aromatic carbocycles. The largest absolute Gasteiger partial charge is 0.457 e. The lowest BCUT2D eigenvalue weighted by Crippen LogP contribution is -2.19. The van der Waals surface area contributed by atoms with E-state index in [1.54, 1.807) is 48.5 Å². The Morgan fingerprint density at radius 2 is 1.45 bits per heavy atom. The quantitative estimate of drug-likeness (QED) is 0.874. The van der Waals surface area contributed by atoms with Crippen molar-refractivity contribution < 1.29 is 14.3 Å². The molecule has 0 spiro atoms. The molecule has 0 unspecified atom stereocenters. The molecule has 102 valence electrons. The van der Waals surface area contributed by atoms with Gasteiger partial charge in [0.05, 0.1) is 0 Å². The Kier molecular flexibility index (Phi) is 4.38. The fourth-order valence-electron chi connectivity index (χ4n) is 1.46. The van der Waals surface area contributed by atoms with Crippen LogP contribution >= 0.6 is 11.6 Å². The predicted octanol–water partition coefficient (Wildman–Crippen LogP) is 3.66. The Balaban J connectivity index is 2.03. The maximum absolute atomic E-state index is 11.2. The zero-order valence-electron chi connectivity index (χ0n) is 10.7. The molecule has 0 aliphatic rings. The van der Waals surface area contributed by atoms with Crippen molar-refractivity contribution in [2.24, 2.45) is 0 Å². The van der Waals surface area contributed by atoms with Crippen LogP contribution in [0.5, 0.6) is 11.5 Å². The molecule has 4 nitrogen and oxygen atoms in total. The number of benzene rings is 2. The number of nitrogens with one attached hydrogen (secondary N) is 1. The summed E-state index contributed by atoms with van der Waals surface area (Å²) < 4.78 is 5.60. The van der Waals surface area contributed by atoms with E-state index in [4.69, 9.17) is 16.3 Å². The number of carbonyl (C=O) groups is 2. The lowest BCUT2D eigenvalue weighted by molar-refractivity contribution is -0.133. The van der Waals surface area contributed by atoms with Crippen LogP contribution in [0, 0.1) is 0 Å². The third kappa shape index (κ3) is 3.83. The fourth-order valence-corrected chi connectivity index (χ4v) is 1.59. The first-order chi connectivity index (χ1) is 9.54. The number of ether oxygens (including phenoxy) is 1. The van der Waals surface area contributed by atoms with Crippen LogP contribution < -0.4 is 10.1 Å². The molecular weight excluding hydrogens is 278 g/mol. The highest BCUT2D eigenvalue weighted by Gasteiger charge is 2.07. The van der Waals surface area contributed by atoms with Crippen molar-refractivity contribution in [3.63, 3.8) is 0 Å². The summed E-state index contributed by atoms with van der Waals surface area (Å²) in [6.45, 7) is 1.22. The fraction of sp³-hybridized carbons (Fsp3) is 0.0667. The van der Waals surface area contributed by atoms with Gasteiger partial charge in [0.2, 0.25) is 5.78 Å². The normalized spacial score (nSPS) is 9.90. The van der Waals surface area contributed by atoms with Gasteiger partial charge in [-0.15, -0.1) is 0 Å². The van der Waals surface area contributed by atoms with E-state index in [9.17, 15) is 9.59 Å². The van der Waals surface area contributed by atoms with E-state index in [1.807, 2.05) is 0 Å². The Bertz CT molecular complexity index is 621. The van der Waals surface area contributed by atoms with Crippen molar-refractivity contribution in [2.45, 2.75) is 6.92 Å². The number of amides is 1. The molecule has 0 bridgehead atoms. The van der Waals surface area contributed by atoms with Crippen molar-refractivity contribution in [1.82, 2.24) is 0 Å². The molecule has 0 saturated heterocycles. The van der Waals surface area contributed by atoms with Crippen LogP contribution in [-0.2, 0) is 9.59 Å². The second kappa shape index (κ2) is 6.21. The number of halogens is 1. The lowest BCUT2D eigenvalue weighted by atomic mass is 10.3. The molecule has 0 fully saturated rings. The van der Waals surface area contributed by atoms with Gasteiger partial charge in [-0.3, -0.25) is 9.59 Å². The van der Waals surface area contributed by atoms with Gasteiger partial charge in [0.1, 0.15) is 11.5 Å². The first kappa shape index (κ1) is 14.1. The van der Waals surface area contributed by atoms with Crippen LogP contribution in [0.25, 0.3) is 0 Å². The molecule has 0 aliphatic heterocycles. The minimum absolute atomic E-state index is 0.536. The lowest BCUT2D eigenvalue weighted by Gasteiger charge is -2.07. The summed E-state index contributed by atoms with van der Waals surface area (Å²) in [5.74, 6) is 0.103. The van der Waals surface area contributed by atoms with E-state index in [-0.39, 0.29) is 0 Å². The van der Waals surface area contributed by atoms with Gasteiger partial charge in [0, 0.05) is 17.6 Å². The Morgan fingerprint density at radius 1 is 0.950 bits per heavy atom. The van der Waals surface area contributed by atoms with E-state index in [2.05, 4.69) is 5.32 Å². The molecule has 5 heteroatoms. The molecule has 2 aromatic rings. The predicted molar refractivity (Wildman–Crippen MR) is 77.3 cm³/mol. The number of carbonyl (C=O) groups excluding carboxylic acids is 2. The van der Waals surface area contributed by atoms with Gasteiger partial charge in [-0.05, 0) is 48.5 Å². The van der Waals surface area contributed by atoms with Gasteiger partial charge < -0.3 is 10.1 Å². The summed E-state index contributed by atoms with van der Waals surface area (Å²) >= 11 is 5.79. The van der Waals surface area contributed by atoms with Gasteiger partial charge in [-0.2, -0.15) is 0 Å². The van der Waals surface area contributed by atoms with E-state index in [1.165, 1.54) is 6.92 Å². The molecule has 1 amide bonds. The van der Waals surface area contributed by atoms with Gasteiger partial charge in [0.15, 0.2) is 0 Å². The molecule has 0 saturated carbocycles. The summed E-state index contributed by atoms with van der Waals surface area (Å²) in [6, 6.07) is 13.7. The molecule has 1 N–H and O–H groups in total. The minimum Gasteiger partial charge on any atom is -0.457 e. The highest BCUT2D eigenvalue weighted by Crippen LogP contribution is 2.24. The molecular formula is C15H12ClNO3. The number of hydrogen-bond donors (Lipinski definition) is 1. The monoisotopic (exact) mass is 289 g/mol.